The zero-order valence-corrected chi connectivity index (χ0v) is 15.8. The van der Waals surface area contributed by atoms with E-state index in [1.54, 1.807) is 7.11 Å². The second-order valence-electron chi connectivity index (χ2n) is 8.16. The van der Waals surface area contributed by atoms with Crippen molar-refractivity contribution in [2.75, 3.05) is 39.9 Å². The molecule has 142 valence electrons. The molecule has 1 spiro atoms. The Morgan fingerprint density at radius 3 is 2.62 bits per heavy atom. The second kappa shape index (κ2) is 7.47. The van der Waals surface area contributed by atoms with E-state index in [1.807, 2.05) is 24.3 Å². The molecular weight excluding hydrogens is 328 g/mol. The number of benzene rings is 1. The molecular formula is C21H30N2O3. The van der Waals surface area contributed by atoms with Crippen molar-refractivity contribution in [2.24, 2.45) is 5.41 Å². The summed E-state index contributed by atoms with van der Waals surface area (Å²) in [4.78, 5) is 17.0. The largest absolute Gasteiger partial charge is 0.497 e. The van der Waals surface area contributed by atoms with Gasteiger partial charge in [-0.25, -0.2) is 0 Å². The summed E-state index contributed by atoms with van der Waals surface area (Å²) in [5.74, 6) is 2.13. The molecule has 0 unspecified atom stereocenters. The lowest BCUT2D eigenvalue weighted by Crippen LogP contribution is -2.55. The predicted octanol–water partition coefficient (Wildman–Crippen LogP) is 2.94. The minimum absolute atomic E-state index is 0.314. The number of hydrogen-bond donors (Lipinski definition) is 0. The van der Waals surface area contributed by atoms with Gasteiger partial charge in [-0.1, -0.05) is 0 Å². The fraction of sp³-hybridized carbons (Fsp3) is 0.667. The van der Waals surface area contributed by atoms with Gasteiger partial charge in [-0.3, -0.25) is 9.69 Å². The Morgan fingerprint density at radius 2 is 1.88 bits per heavy atom. The molecule has 0 radical (unpaired) electrons. The van der Waals surface area contributed by atoms with E-state index in [0.29, 0.717) is 24.0 Å². The number of ether oxygens (including phenoxy) is 2. The third-order valence-corrected chi connectivity index (χ3v) is 6.16. The lowest BCUT2D eigenvalue weighted by atomic mass is 9.73. The molecule has 1 aromatic rings. The van der Waals surface area contributed by atoms with Crippen LogP contribution in [0.4, 0.5) is 0 Å². The lowest BCUT2D eigenvalue weighted by Gasteiger charge is -2.48. The second-order valence-corrected chi connectivity index (χ2v) is 8.16. The summed E-state index contributed by atoms with van der Waals surface area (Å²) < 4.78 is 11.1. The average Bonchev–Trinajstić information content (AvgIpc) is 3.50. The molecule has 4 rings (SSSR count). The molecule has 5 nitrogen and oxygen atoms in total. The molecule has 3 fully saturated rings. The van der Waals surface area contributed by atoms with E-state index in [0.717, 1.165) is 50.5 Å². The van der Waals surface area contributed by atoms with Crippen molar-refractivity contribution in [2.45, 2.75) is 44.6 Å². The summed E-state index contributed by atoms with van der Waals surface area (Å²) in [5.41, 5.74) is 0.314. The predicted molar refractivity (Wildman–Crippen MR) is 101 cm³/mol. The molecule has 1 amide bonds. The number of carbonyl (C=O) groups excluding carboxylic acids is 1. The first kappa shape index (κ1) is 17.7. The molecule has 3 aliphatic rings. The first-order valence-electron chi connectivity index (χ1n) is 9.96. The molecule has 0 bridgehead atoms. The van der Waals surface area contributed by atoms with Gasteiger partial charge in [0.05, 0.1) is 7.11 Å². The maximum Gasteiger partial charge on any atom is 0.222 e. The van der Waals surface area contributed by atoms with E-state index in [9.17, 15) is 4.79 Å². The lowest BCUT2D eigenvalue weighted by molar-refractivity contribution is -0.140. The summed E-state index contributed by atoms with van der Waals surface area (Å²) in [6.07, 6.45) is 6.72. The van der Waals surface area contributed by atoms with Crippen LogP contribution in [0.1, 0.15) is 38.5 Å². The highest BCUT2D eigenvalue weighted by atomic mass is 16.5. The molecule has 1 aliphatic carbocycles. The molecule has 2 aliphatic heterocycles. The number of amides is 1. The summed E-state index contributed by atoms with van der Waals surface area (Å²) in [6.45, 7) is 4.88. The highest BCUT2D eigenvalue weighted by Gasteiger charge is 2.45. The van der Waals surface area contributed by atoms with Gasteiger partial charge in [0.1, 0.15) is 18.1 Å². The Morgan fingerprint density at radius 1 is 1.12 bits per heavy atom. The van der Waals surface area contributed by atoms with Crippen molar-refractivity contribution >= 4 is 5.91 Å². The van der Waals surface area contributed by atoms with Crippen molar-refractivity contribution in [3.8, 4) is 11.5 Å². The minimum atomic E-state index is 0.314. The van der Waals surface area contributed by atoms with Crippen LogP contribution in [0.5, 0.6) is 11.5 Å². The standard InChI is InChI=1S/C21H30N2O3/c1-25-18-5-7-19(8-6-18)26-14-13-22-12-2-10-21(15-22)11-9-20(24)23(16-21)17-3-4-17/h5-8,17H,2-4,9-16H2,1H3/t21-/m1/s1. The van der Waals surface area contributed by atoms with E-state index in [1.165, 1.54) is 25.7 Å². The first-order valence-corrected chi connectivity index (χ1v) is 9.96. The van der Waals surface area contributed by atoms with Crippen molar-refractivity contribution in [3.63, 3.8) is 0 Å². The first-order chi connectivity index (χ1) is 12.7. The summed E-state index contributed by atoms with van der Waals surface area (Å²) in [6, 6.07) is 8.31. The van der Waals surface area contributed by atoms with Crippen LogP contribution in [0.3, 0.4) is 0 Å². The quantitative estimate of drug-likeness (QED) is 0.784. The van der Waals surface area contributed by atoms with Crippen LogP contribution < -0.4 is 9.47 Å². The van der Waals surface area contributed by atoms with Gasteiger partial charge in [0, 0.05) is 37.5 Å². The Kier molecular flexibility index (Phi) is 5.07. The topological polar surface area (TPSA) is 42.0 Å². The van der Waals surface area contributed by atoms with Crippen molar-refractivity contribution in [3.05, 3.63) is 24.3 Å². The van der Waals surface area contributed by atoms with Crippen LogP contribution in [0.2, 0.25) is 0 Å². The zero-order chi connectivity index (χ0) is 18.0. The summed E-state index contributed by atoms with van der Waals surface area (Å²) in [7, 11) is 1.67. The van der Waals surface area contributed by atoms with Gasteiger partial charge in [0.25, 0.3) is 0 Å². The van der Waals surface area contributed by atoms with Crippen molar-refractivity contribution in [1.29, 1.82) is 0 Å². The van der Waals surface area contributed by atoms with Gasteiger partial charge in [0.2, 0.25) is 5.91 Å². The maximum absolute atomic E-state index is 12.2. The third kappa shape index (κ3) is 3.98. The zero-order valence-electron chi connectivity index (χ0n) is 15.8. The van der Waals surface area contributed by atoms with Crippen LogP contribution in [0.15, 0.2) is 24.3 Å². The molecule has 2 heterocycles. The SMILES string of the molecule is COc1ccc(OCCN2CCC[C@@]3(CCC(=O)N(C4CC4)C3)C2)cc1. The van der Waals surface area contributed by atoms with E-state index < -0.39 is 0 Å². The Bertz CT molecular complexity index is 629. The monoisotopic (exact) mass is 358 g/mol. The Balaban J connectivity index is 1.28. The maximum atomic E-state index is 12.2. The van der Waals surface area contributed by atoms with E-state index in [2.05, 4.69) is 9.80 Å². The fourth-order valence-corrected chi connectivity index (χ4v) is 4.56. The smallest absolute Gasteiger partial charge is 0.222 e. The molecule has 26 heavy (non-hydrogen) atoms. The minimum Gasteiger partial charge on any atom is -0.497 e. The van der Waals surface area contributed by atoms with E-state index in [-0.39, 0.29) is 0 Å². The van der Waals surface area contributed by atoms with Gasteiger partial charge < -0.3 is 14.4 Å². The van der Waals surface area contributed by atoms with Crippen LogP contribution in [0.25, 0.3) is 0 Å². The average molecular weight is 358 g/mol. The van der Waals surface area contributed by atoms with Crippen LogP contribution in [-0.2, 0) is 4.79 Å². The number of nitrogens with zero attached hydrogens (tertiary/aromatic N) is 2. The number of hydrogen-bond acceptors (Lipinski definition) is 4. The van der Waals surface area contributed by atoms with Crippen molar-refractivity contribution in [1.82, 2.24) is 9.80 Å². The third-order valence-electron chi connectivity index (χ3n) is 6.16. The molecule has 0 N–H and O–H groups in total. The van der Waals surface area contributed by atoms with Gasteiger partial charge >= 0.3 is 0 Å². The number of rotatable bonds is 6. The summed E-state index contributed by atoms with van der Waals surface area (Å²) in [5, 5.41) is 0. The Labute approximate surface area is 156 Å². The number of piperidine rings is 2. The number of likely N-dealkylation sites (tertiary alicyclic amines) is 2. The fourth-order valence-electron chi connectivity index (χ4n) is 4.56. The molecule has 5 heteroatoms. The van der Waals surface area contributed by atoms with Crippen molar-refractivity contribution < 1.29 is 14.3 Å². The van der Waals surface area contributed by atoms with E-state index >= 15 is 0 Å². The normalized spacial score (nSPS) is 27.0. The van der Waals surface area contributed by atoms with Crippen LogP contribution >= 0.6 is 0 Å². The number of methoxy groups -OCH3 is 1. The van der Waals surface area contributed by atoms with Crippen LogP contribution in [0, 0.1) is 5.41 Å². The van der Waals surface area contributed by atoms with E-state index in [4.69, 9.17) is 9.47 Å². The molecule has 1 aromatic carbocycles. The van der Waals surface area contributed by atoms with Crippen LogP contribution in [-0.4, -0.2) is 61.6 Å². The van der Waals surface area contributed by atoms with Gasteiger partial charge in [-0.05, 0) is 62.9 Å². The highest BCUT2D eigenvalue weighted by molar-refractivity contribution is 5.78. The Hall–Kier alpha value is -1.75. The molecule has 2 saturated heterocycles. The highest BCUT2D eigenvalue weighted by Crippen LogP contribution is 2.42. The molecule has 1 saturated carbocycles. The van der Waals surface area contributed by atoms with Gasteiger partial charge in [-0.15, -0.1) is 0 Å². The molecule has 1 atom stereocenters. The summed E-state index contributed by atoms with van der Waals surface area (Å²) >= 11 is 0. The van der Waals surface area contributed by atoms with Gasteiger partial charge in [0.15, 0.2) is 0 Å². The molecule has 0 aromatic heterocycles. The van der Waals surface area contributed by atoms with Gasteiger partial charge in [-0.2, -0.15) is 0 Å². The number of carbonyl (C=O) groups is 1.